The normalized spacial score (nSPS) is 29.0. The van der Waals surface area contributed by atoms with Crippen LogP contribution in [0.25, 0.3) is 0 Å². The maximum atomic E-state index is 13.3. The Bertz CT molecular complexity index is 610. The van der Waals surface area contributed by atoms with E-state index in [1.807, 2.05) is 0 Å². The third-order valence-electron chi connectivity index (χ3n) is 6.27. The van der Waals surface area contributed by atoms with Gasteiger partial charge in [0.25, 0.3) is 0 Å². The van der Waals surface area contributed by atoms with Crippen molar-refractivity contribution < 1.29 is 9.53 Å². The molecule has 6 nitrogen and oxygen atoms in total. The lowest BCUT2D eigenvalue weighted by Crippen LogP contribution is -2.54. The number of aromatic nitrogens is 2. The number of nitrogens with zero attached hydrogens (tertiary/aromatic N) is 3. The molecule has 25 heavy (non-hydrogen) atoms. The predicted octanol–water partition coefficient (Wildman–Crippen LogP) is 1.97. The molecular formula is C19H30N4O2. The maximum Gasteiger partial charge on any atom is 0.230 e. The van der Waals surface area contributed by atoms with Crippen LogP contribution in [-0.4, -0.2) is 64.8 Å². The van der Waals surface area contributed by atoms with Crippen LogP contribution in [0.4, 0.5) is 0 Å². The quantitative estimate of drug-likeness (QED) is 0.905. The Balaban J connectivity index is 1.41. The average Bonchev–Trinajstić information content (AvgIpc) is 3.26. The SMILES string of the molecule is CCc1cc(CN2CCC3(CCCN(C4CCOCC4)C3=O)C2)[nH]n1. The van der Waals surface area contributed by atoms with Crippen LogP contribution >= 0.6 is 0 Å². The molecule has 3 saturated heterocycles. The van der Waals surface area contributed by atoms with Crippen molar-refractivity contribution in [3.63, 3.8) is 0 Å². The molecule has 3 fully saturated rings. The van der Waals surface area contributed by atoms with Crippen LogP contribution in [0.2, 0.25) is 0 Å². The number of rotatable bonds is 4. The fraction of sp³-hybridized carbons (Fsp3) is 0.789. The number of carbonyl (C=O) groups excluding carboxylic acids is 1. The number of likely N-dealkylation sites (tertiary alicyclic amines) is 2. The Morgan fingerprint density at radius 3 is 2.92 bits per heavy atom. The number of H-pyrrole nitrogens is 1. The molecule has 1 aromatic heterocycles. The maximum absolute atomic E-state index is 13.3. The van der Waals surface area contributed by atoms with Crippen molar-refractivity contribution in [3.05, 3.63) is 17.5 Å². The Hall–Kier alpha value is -1.40. The minimum Gasteiger partial charge on any atom is -0.381 e. The van der Waals surface area contributed by atoms with Crippen LogP contribution in [0.1, 0.15) is 50.4 Å². The summed E-state index contributed by atoms with van der Waals surface area (Å²) in [5, 5.41) is 7.48. The Morgan fingerprint density at radius 1 is 1.32 bits per heavy atom. The number of aryl methyl sites for hydroxylation is 1. The molecule has 0 aliphatic carbocycles. The molecule has 0 saturated carbocycles. The van der Waals surface area contributed by atoms with Crippen LogP contribution in [0.3, 0.4) is 0 Å². The molecule has 1 atom stereocenters. The van der Waals surface area contributed by atoms with E-state index >= 15 is 0 Å². The van der Waals surface area contributed by atoms with Gasteiger partial charge < -0.3 is 9.64 Å². The number of piperidine rings is 1. The number of hydrogen-bond acceptors (Lipinski definition) is 4. The number of carbonyl (C=O) groups is 1. The van der Waals surface area contributed by atoms with E-state index in [-0.39, 0.29) is 5.41 Å². The van der Waals surface area contributed by atoms with Gasteiger partial charge in [0, 0.05) is 44.6 Å². The third kappa shape index (κ3) is 3.34. The monoisotopic (exact) mass is 346 g/mol. The van der Waals surface area contributed by atoms with Gasteiger partial charge in [-0.25, -0.2) is 0 Å². The van der Waals surface area contributed by atoms with E-state index in [9.17, 15) is 4.79 Å². The summed E-state index contributed by atoms with van der Waals surface area (Å²) < 4.78 is 5.48. The topological polar surface area (TPSA) is 61.5 Å². The average molecular weight is 346 g/mol. The summed E-state index contributed by atoms with van der Waals surface area (Å²) in [5.74, 6) is 0.409. The van der Waals surface area contributed by atoms with Gasteiger partial charge in [-0.05, 0) is 51.1 Å². The zero-order chi connectivity index (χ0) is 17.3. The largest absolute Gasteiger partial charge is 0.381 e. The molecule has 138 valence electrons. The van der Waals surface area contributed by atoms with E-state index in [1.54, 1.807) is 0 Å². The summed E-state index contributed by atoms with van der Waals surface area (Å²) in [5.41, 5.74) is 2.13. The molecule has 0 radical (unpaired) electrons. The van der Waals surface area contributed by atoms with Crippen molar-refractivity contribution in [2.45, 2.75) is 58.0 Å². The standard InChI is InChI=1S/C19H30N4O2/c1-2-15-12-16(21-20-15)13-22-9-7-19(14-22)6-3-8-23(18(19)24)17-4-10-25-11-5-17/h12,17H,2-11,13-14H2,1H3,(H,20,21). The highest BCUT2D eigenvalue weighted by Crippen LogP contribution is 2.41. The van der Waals surface area contributed by atoms with Gasteiger partial charge in [-0.3, -0.25) is 14.8 Å². The zero-order valence-electron chi connectivity index (χ0n) is 15.3. The summed E-state index contributed by atoms with van der Waals surface area (Å²) in [6.45, 7) is 7.43. The molecular weight excluding hydrogens is 316 g/mol. The summed E-state index contributed by atoms with van der Waals surface area (Å²) in [6, 6.07) is 2.55. The van der Waals surface area contributed by atoms with Gasteiger partial charge in [0.2, 0.25) is 5.91 Å². The van der Waals surface area contributed by atoms with E-state index in [2.05, 4.69) is 33.0 Å². The fourth-order valence-electron chi connectivity index (χ4n) is 4.83. The summed E-state index contributed by atoms with van der Waals surface area (Å²) >= 11 is 0. The Morgan fingerprint density at radius 2 is 2.16 bits per heavy atom. The molecule has 4 rings (SSSR count). The Kier molecular flexibility index (Phi) is 4.82. The smallest absolute Gasteiger partial charge is 0.230 e. The summed E-state index contributed by atoms with van der Waals surface area (Å²) in [4.78, 5) is 18.0. The van der Waals surface area contributed by atoms with Crippen LogP contribution in [0, 0.1) is 5.41 Å². The van der Waals surface area contributed by atoms with Crippen LogP contribution in [-0.2, 0) is 22.5 Å². The van der Waals surface area contributed by atoms with Crippen molar-refractivity contribution in [1.29, 1.82) is 0 Å². The van der Waals surface area contributed by atoms with Gasteiger partial charge in [-0.1, -0.05) is 6.92 Å². The number of hydrogen-bond donors (Lipinski definition) is 1. The van der Waals surface area contributed by atoms with Crippen molar-refractivity contribution >= 4 is 5.91 Å². The molecule has 0 bridgehead atoms. The first-order valence-electron chi connectivity index (χ1n) is 9.84. The van der Waals surface area contributed by atoms with Crippen molar-refractivity contribution in [3.8, 4) is 0 Å². The molecule has 1 N–H and O–H groups in total. The van der Waals surface area contributed by atoms with Crippen molar-refractivity contribution in [2.75, 3.05) is 32.8 Å². The molecule has 3 aliphatic heterocycles. The van der Waals surface area contributed by atoms with Gasteiger partial charge in [0.1, 0.15) is 0 Å². The molecule has 1 aromatic rings. The second-order valence-electron chi connectivity index (χ2n) is 7.92. The first-order chi connectivity index (χ1) is 12.2. The van der Waals surface area contributed by atoms with Crippen molar-refractivity contribution in [2.24, 2.45) is 5.41 Å². The minimum atomic E-state index is -0.149. The molecule has 1 unspecified atom stereocenters. The zero-order valence-corrected chi connectivity index (χ0v) is 15.3. The van der Waals surface area contributed by atoms with Crippen LogP contribution in [0.15, 0.2) is 6.07 Å². The second-order valence-corrected chi connectivity index (χ2v) is 7.92. The lowest BCUT2D eigenvalue weighted by Gasteiger charge is -2.44. The van der Waals surface area contributed by atoms with Gasteiger partial charge in [0.15, 0.2) is 0 Å². The third-order valence-corrected chi connectivity index (χ3v) is 6.27. The minimum absolute atomic E-state index is 0.149. The highest BCUT2D eigenvalue weighted by molar-refractivity contribution is 5.84. The van der Waals surface area contributed by atoms with Crippen LogP contribution in [0.5, 0.6) is 0 Å². The van der Waals surface area contributed by atoms with E-state index in [4.69, 9.17) is 4.74 Å². The molecule has 6 heteroatoms. The molecule has 1 amide bonds. The highest BCUT2D eigenvalue weighted by Gasteiger charge is 2.49. The van der Waals surface area contributed by atoms with Gasteiger partial charge in [0.05, 0.1) is 11.1 Å². The fourth-order valence-corrected chi connectivity index (χ4v) is 4.83. The lowest BCUT2D eigenvalue weighted by atomic mass is 9.77. The van der Waals surface area contributed by atoms with Crippen molar-refractivity contribution in [1.82, 2.24) is 20.0 Å². The molecule has 0 aromatic carbocycles. The van der Waals surface area contributed by atoms with E-state index in [0.717, 1.165) is 83.6 Å². The van der Waals surface area contributed by atoms with Gasteiger partial charge >= 0.3 is 0 Å². The summed E-state index contributed by atoms with van der Waals surface area (Å²) in [6.07, 6.45) is 6.14. The van der Waals surface area contributed by atoms with Crippen LogP contribution < -0.4 is 0 Å². The van der Waals surface area contributed by atoms with Gasteiger partial charge in [-0.15, -0.1) is 0 Å². The van der Waals surface area contributed by atoms with E-state index in [1.165, 1.54) is 5.69 Å². The second kappa shape index (κ2) is 7.08. The predicted molar refractivity (Wildman–Crippen MR) is 95.1 cm³/mol. The highest BCUT2D eigenvalue weighted by atomic mass is 16.5. The lowest BCUT2D eigenvalue weighted by molar-refractivity contribution is -0.150. The molecule has 1 spiro atoms. The number of nitrogens with one attached hydrogen (secondary N) is 1. The van der Waals surface area contributed by atoms with E-state index < -0.39 is 0 Å². The summed E-state index contributed by atoms with van der Waals surface area (Å²) in [7, 11) is 0. The first-order valence-corrected chi connectivity index (χ1v) is 9.84. The number of amides is 1. The molecule has 4 heterocycles. The van der Waals surface area contributed by atoms with Gasteiger partial charge in [-0.2, -0.15) is 5.10 Å². The first kappa shape index (κ1) is 17.0. The Labute approximate surface area is 149 Å². The number of ether oxygens (including phenoxy) is 1. The number of aromatic amines is 1. The van der Waals surface area contributed by atoms with E-state index in [0.29, 0.717) is 11.9 Å². The molecule has 3 aliphatic rings.